The highest BCUT2D eigenvalue weighted by Gasteiger charge is 2.15. The molecule has 0 aliphatic heterocycles. The molecule has 0 bridgehead atoms. The lowest BCUT2D eigenvalue weighted by Crippen LogP contribution is -2.14. The second kappa shape index (κ2) is 5.88. The zero-order chi connectivity index (χ0) is 18.4. The lowest BCUT2D eigenvalue weighted by atomic mass is 10.1. The quantitative estimate of drug-likeness (QED) is 0.526. The van der Waals surface area contributed by atoms with E-state index in [1.54, 1.807) is 12.4 Å². The van der Waals surface area contributed by atoms with Crippen LogP contribution in [0.15, 0.2) is 71.8 Å². The third kappa shape index (κ3) is 2.50. The number of rotatable bonds is 2. The molecule has 6 heteroatoms. The van der Waals surface area contributed by atoms with E-state index in [0.717, 1.165) is 33.4 Å². The third-order valence-corrected chi connectivity index (χ3v) is 4.61. The Morgan fingerprint density at radius 2 is 1.78 bits per heavy atom. The average molecular weight is 353 g/mol. The molecule has 27 heavy (non-hydrogen) atoms. The molecule has 0 saturated carbocycles. The van der Waals surface area contributed by atoms with Gasteiger partial charge in [0.1, 0.15) is 0 Å². The average Bonchev–Trinajstić information content (AvgIpc) is 3.05. The summed E-state index contributed by atoms with van der Waals surface area (Å²) >= 11 is 0. The highest BCUT2D eigenvalue weighted by atomic mass is 16.1. The van der Waals surface area contributed by atoms with Gasteiger partial charge in [-0.15, -0.1) is 0 Å². The maximum atomic E-state index is 12.7. The maximum absolute atomic E-state index is 12.7. The molecule has 0 aliphatic rings. The van der Waals surface area contributed by atoms with Crippen molar-refractivity contribution in [3.63, 3.8) is 0 Å². The van der Waals surface area contributed by atoms with Crippen LogP contribution in [0.2, 0.25) is 0 Å². The molecule has 0 atom stereocenters. The smallest absolute Gasteiger partial charge is 0.273 e. The van der Waals surface area contributed by atoms with Crippen molar-refractivity contribution >= 4 is 16.7 Å². The molecule has 0 radical (unpaired) electrons. The molecule has 1 N–H and O–H groups in total. The first-order chi connectivity index (χ1) is 13.2. The fourth-order valence-electron chi connectivity index (χ4n) is 3.34. The van der Waals surface area contributed by atoms with Crippen molar-refractivity contribution in [1.29, 1.82) is 0 Å². The number of fused-ring (bicyclic) bond motifs is 2. The fourth-order valence-corrected chi connectivity index (χ4v) is 3.34. The minimum atomic E-state index is -0.165. The standard InChI is InChI=1S/C21H15N5O/c1-13-20(14-6-3-2-4-7-14)21-24-17(11-19(27)26(21)25-13)15-10-18-16(23-12-15)8-5-9-22-18/h2-12,25H,1H3. The van der Waals surface area contributed by atoms with Crippen LogP contribution in [0.4, 0.5) is 0 Å². The summed E-state index contributed by atoms with van der Waals surface area (Å²) in [6, 6.07) is 17.1. The molecule has 5 aromatic rings. The Bertz CT molecular complexity index is 1350. The molecule has 1 aromatic carbocycles. The normalized spacial score (nSPS) is 11.3. The number of nitrogens with zero attached hydrogens (tertiary/aromatic N) is 4. The molecule has 0 amide bonds. The number of pyridine rings is 2. The minimum Gasteiger partial charge on any atom is -0.293 e. The number of aryl methyl sites for hydroxylation is 1. The first-order valence-electron chi connectivity index (χ1n) is 8.60. The number of hydrogen-bond acceptors (Lipinski definition) is 4. The number of nitrogens with one attached hydrogen (secondary N) is 1. The van der Waals surface area contributed by atoms with E-state index in [1.165, 1.54) is 10.6 Å². The molecule has 4 heterocycles. The summed E-state index contributed by atoms with van der Waals surface area (Å²) in [6.07, 6.45) is 3.45. The SMILES string of the molecule is Cc1[nH]n2c(=O)cc(-c3cnc4cccnc4c3)nc2c1-c1ccccc1. The van der Waals surface area contributed by atoms with Gasteiger partial charge in [-0.05, 0) is 30.7 Å². The van der Waals surface area contributed by atoms with Crippen molar-refractivity contribution in [2.24, 2.45) is 0 Å². The topological polar surface area (TPSA) is 75.9 Å². The van der Waals surface area contributed by atoms with Gasteiger partial charge in [-0.2, -0.15) is 0 Å². The van der Waals surface area contributed by atoms with Crippen LogP contribution in [-0.4, -0.2) is 24.6 Å². The second-order valence-corrected chi connectivity index (χ2v) is 6.38. The fraction of sp³-hybridized carbons (Fsp3) is 0.0476. The van der Waals surface area contributed by atoms with Gasteiger partial charge in [0, 0.05) is 35.3 Å². The molecular weight excluding hydrogens is 338 g/mol. The van der Waals surface area contributed by atoms with Crippen LogP contribution >= 0.6 is 0 Å². The minimum absolute atomic E-state index is 0.165. The first-order valence-corrected chi connectivity index (χ1v) is 8.60. The van der Waals surface area contributed by atoms with Crippen molar-refractivity contribution in [3.05, 3.63) is 83.0 Å². The second-order valence-electron chi connectivity index (χ2n) is 6.38. The summed E-state index contributed by atoms with van der Waals surface area (Å²) in [4.78, 5) is 26.2. The Morgan fingerprint density at radius 3 is 2.63 bits per heavy atom. The van der Waals surface area contributed by atoms with Crippen LogP contribution in [0.1, 0.15) is 5.69 Å². The van der Waals surface area contributed by atoms with Gasteiger partial charge in [-0.25, -0.2) is 9.50 Å². The Hall–Kier alpha value is -3.80. The van der Waals surface area contributed by atoms with E-state index >= 15 is 0 Å². The molecular formula is C21H15N5O. The number of aromatic nitrogens is 5. The van der Waals surface area contributed by atoms with Gasteiger partial charge in [0.2, 0.25) is 0 Å². The Kier molecular flexibility index (Phi) is 3.36. The Balaban J connectivity index is 1.77. The van der Waals surface area contributed by atoms with E-state index in [0.29, 0.717) is 11.3 Å². The summed E-state index contributed by atoms with van der Waals surface area (Å²) < 4.78 is 1.48. The zero-order valence-electron chi connectivity index (χ0n) is 14.5. The molecule has 130 valence electrons. The number of hydrogen-bond donors (Lipinski definition) is 1. The molecule has 0 spiro atoms. The lowest BCUT2D eigenvalue weighted by molar-refractivity contribution is 0.882. The summed E-state index contributed by atoms with van der Waals surface area (Å²) in [5.74, 6) is 0. The summed E-state index contributed by atoms with van der Waals surface area (Å²) in [5, 5.41) is 3.12. The summed E-state index contributed by atoms with van der Waals surface area (Å²) in [5.41, 5.74) is 6.17. The first kappa shape index (κ1) is 15.5. The van der Waals surface area contributed by atoms with Crippen LogP contribution in [0, 0.1) is 6.92 Å². The number of aromatic amines is 1. The van der Waals surface area contributed by atoms with Gasteiger partial charge in [-0.1, -0.05) is 30.3 Å². The monoisotopic (exact) mass is 353 g/mol. The van der Waals surface area contributed by atoms with Gasteiger partial charge in [0.15, 0.2) is 5.65 Å². The van der Waals surface area contributed by atoms with Crippen LogP contribution in [-0.2, 0) is 0 Å². The van der Waals surface area contributed by atoms with Crippen molar-refractivity contribution in [2.75, 3.05) is 0 Å². The van der Waals surface area contributed by atoms with Crippen LogP contribution in [0.5, 0.6) is 0 Å². The predicted molar refractivity (Wildman–Crippen MR) is 105 cm³/mol. The van der Waals surface area contributed by atoms with Gasteiger partial charge >= 0.3 is 0 Å². The van der Waals surface area contributed by atoms with E-state index < -0.39 is 0 Å². The molecule has 0 aliphatic carbocycles. The number of benzene rings is 1. The largest absolute Gasteiger partial charge is 0.293 e. The Morgan fingerprint density at radius 1 is 0.926 bits per heavy atom. The molecule has 5 rings (SSSR count). The third-order valence-electron chi connectivity index (χ3n) is 4.61. The molecule has 6 nitrogen and oxygen atoms in total. The van der Waals surface area contributed by atoms with Crippen molar-refractivity contribution in [3.8, 4) is 22.4 Å². The highest BCUT2D eigenvalue weighted by Crippen LogP contribution is 2.28. The van der Waals surface area contributed by atoms with E-state index in [4.69, 9.17) is 4.98 Å². The molecule has 0 fully saturated rings. The number of H-pyrrole nitrogens is 1. The summed E-state index contributed by atoms with van der Waals surface area (Å²) in [7, 11) is 0. The van der Waals surface area contributed by atoms with E-state index in [-0.39, 0.29) is 5.56 Å². The van der Waals surface area contributed by atoms with E-state index in [2.05, 4.69) is 15.1 Å². The Labute approximate surface area is 154 Å². The van der Waals surface area contributed by atoms with E-state index in [1.807, 2.05) is 55.5 Å². The van der Waals surface area contributed by atoms with Crippen molar-refractivity contribution in [2.45, 2.75) is 6.92 Å². The zero-order valence-corrected chi connectivity index (χ0v) is 14.5. The van der Waals surface area contributed by atoms with Crippen LogP contribution in [0.3, 0.4) is 0 Å². The summed E-state index contributed by atoms with van der Waals surface area (Å²) in [6.45, 7) is 1.94. The van der Waals surface area contributed by atoms with Crippen LogP contribution < -0.4 is 5.56 Å². The maximum Gasteiger partial charge on any atom is 0.273 e. The van der Waals surface area contributed by atoms with Crippen molar-refractivity contribution < 1.29 is 0 Å². The van der Waals surface area contributed by atoms with E-state index in [9.17, 15) is 4.79 Å². The lowest BCUT2D eigenvalue weighted by Gasteiger charge is -2.04. The highest BCUT2D eigenvalue weighted by molar-refractivity contribution is 5.82. The molecule has 0 unspecified atom stereocenters. The van der Waals surface area contributed by atoms with Crippen LogP contribution in [0.25, 0.3) is 39.1 Å². The van der Waals surface area contributed by atoms with Gasteiger partial charge < -0.3 is 0 Å². The predicted octanol–water partition coefficient (Wildman–Crippen LogP) is 3.61. The molecule has 0 saturated heterocycles. The van der Waals surface area contributed by atoms with Gasteiger partial charge in [0.25, 0.3) is 5.56 Å². The van der Waals surface area contributed by atoms with Gasteiger partial charge in [-0.3, -0.25) is 19.9 Å². The van der Waals surface area contributed by atoms with Gasteiger partial charge in [0.05, 0.1) is 16.7 Å². The molecule has 4 aromatic heterocycles. The van der Waals surface area contributed by atoms with Crippen molar-refractivity contribution in [1.82, 2.24) is 24.6 Å².